The number of nitrogens with one attached hydrogen (secondary N) is 1. The molecule has 112 valence electrons. The summed E-state index contributed by atoms with van der Waals surface area (Å²) in [6, 6.07) is 10.4. The molecule has 5 nitrogen and oxygen atoms in total. The molecule has 0 fully saturated rings. The van der Waals surface area contributed by atoms with Crippen LogP contribution in [0.1, 0.15) is 5.56 Å². The van der Waals surface area contributed by atoms with Gasteiger partial charge in [0.05, 0.1) is 4.34 Å². The fraction of sp³-hybridized carbons (Fsp3) is 0.154. The van der Waals surface area contributed by atoms with Gasteiger partial charge in [0.25, 0.3) is 10.0 Å². The van der Waals surface area contributed by atoms with Crippen molar-refractivity contribution in [1.82, 2.24) is 4.72 Å². The summed E-state index contributed by atoms with van der Waals surface area (Å²) in [5.41, 5.74) is 0.733. The SMILES string of the molecule is O=C(O)[C@@H](Cc1ccccc1)NS(=O)(=O)c1ccc(Cl)s1. The molecule has 0 unspecified atom stereocenters. The highest BCUT2D eigenvalue weighted by Gasteiger charge is 2.26. The van der Waals surface area contributed by atoms with Crippen LogP contribution in [0.4, 0.5) is 0 Å². The lowest BCUT2D eigenvalue weighted by molar-refractivity contribution is -0.138. The molecule has 0 aliphatic heterocycles. The Bertz CT molecular complexity index is 728. The van der Waals surface area contributed by atoms with Crippen LogP contribution in [-0.2, 0) is 21.2 Å². The molecule has 1 aromatic carbocycles. The van der Waals surface area contributed by atoms with Crippen molar-refractivity contribution >= 4 is 38.9 Å². The lowest BCUT2D eigenvalue weighted by Crippen LogP contribution is -2.42. The van der Waals surface area contributed by atoms with Gasteiger partial charge in [-0.05, 0) is 24.1 Å². The Morgan fingerprint density at radius 2 is 1.90 bits per heavy atom. The summed E-state index contributed by atoms with van der Waals surface area (Å²) < 4.78 is 26.8. The molecule has 0 aliphatic carbocycles. The Morgan fingerprint density at radius 1 is 1.24 bits per heavy atom. The molecule has 0 aliphatic rings. The smallest absolute Gasteiger partial charge is 0.322 e. The van der Waals surface area contributed by atoms with Crippen LogP contribution in [0.15, 0.2) is 46.7 Å². The van der Waals surface area contributed by atoms with Crippen molar-refractivity contribution in [2.45, 2.75) is 16.7 Å². The molecule has 0 spiro atoms. The van der Waals surface area contributed by atoms with Crippen LogP contribution in [-0.4, -0.2) is 25.5 Å². The van der Waals surface area contributed by atoms with Gasteiger partial charge in [-0.1, -0.05) is 41.9 Å². The van der Waals surface area contributed by atoms with Crippen LogP contribution < -0.4 is 4.72 Å². The van der Waals surface area contributed by atoms with E-state index in [1.54, 1.807) is 30.3 Å². The molecule has 8 heteroatoms. The lowest BCUT2D eigenvalue weighted by Gasteiger charge is -2.14. The minimum absolute atomic E-state index is 0.00758. The molecule has 0 saturated carbocycles. The van der Waals surface area contributed by atoms with Crippen LogP contribution in [0.5, 0.6) is 0 Å². The van der Waals surface area contributed by atoms with Gasteiger partial charge in [-0.3, -0.25) is 4.79 Å². The molecule has 2 rings (SSSR count). The van der Waals surface area contributed by atoms with Crippen molar-refractivity contribution in [3.63, 3.8) is 0 Å². The van der Waals surface area contributed by atoms with Crippen molar-refractivity contribution in [3.05, 3.63) is 52.4 Å². The van der Waals surface area contributed by atoms with Crippen molar-refractivity contribution in [2.75, 3.05) is 0 Å². The van der Waals surface area contributed by atoms with E-state index >= 15 is 0 Å². The fourth-order valence-corrected chi connectivity index (χ4v) is 4.41. The maximum Gasteiger partial charge on any atom is 0.322 e. The van der Waals surface area contributed by atoms with E-state index in [9.17, 15) is 18.3 Å². The summed E-state index contributed by atoms with van der Waals surface area (Å²) in [5.74, 6) is -1.23. The Balaban J connectivity index is 2.18. The Kier molecular flexibility index (Phi) is 5.00. The second-order valence-electron chi connectivity index (χ2n) is 4.26. The van der Waals surface area contributed by atoms with Crippen molar-refractivity contribution in [2.24, 2.45) is 0 Å². The Morgan fingerprint density at radius 3 is 2.43 bits per heavy atom. The van der Waals surface area contributed by atoms with E-state index in [1.165, 1.54) is 12.1 Å². The second-order valence-corrected chi connectivity index (χ2v) is 7.92. The maximum atomic E-state index is 12.1. The predicted octanol–water partition coefficient (Wildman–Crippen LogP) is 2.38. The normalized spacial score (nSPS) is 13.0. The number of carbonyl (C=O) groups is 1. The number of sulfonamides is 1. The Hall–Kier alpha value is -1.41. The van der Waals surface area contributed by atoms with Crippen LogP contribution in [0, 0.1) is 0 Å². The van der Waals surface area contributed by atoms with Gasteiger partial charge in [0, 0.05) is 0 Å². The summed E-state index contributed by atoms with van der Waals surface area (Å²) in [5, 5.41) is 9.20. The van der Waals surface area contributed by atoms with Crippen LogP contribution >= 0.6 is 22.9 Å². The third-order valence-corrected chi connectivity index (χ3v) is 5.89. The molecule has 21 heavy (non-hydrogen) atoms. The monoisotopic (exact) mass is 345 g/mol. The third-order valence-electron chi connectivity index (χ3n) is 2.69. The molecule has 1 aromatic heterocycles. The summed E-state index contributed by atoms with van der Waals surface area (Å²) in [6.45, 7) is 0. The average Bonchev–Trinajstić information content (AvgIpc) is 2.86. The van der Waals surface area contributed by atoms with E-state index in [0.29, 0.717) is 4.34 Å². The summed E-state index contributed by atoms with van der Waals surface area (Å²) in [7, 11) is -3.90. The highest BCUT2D eigenvalue weighted by Crippen LogP contribution is 2.25. The van der Waals surface area contributed by atoms with Crippen molar-refractivity contribution in [3.8, 4) is 0 Å². The van der Waals surface area contributed by atoms with Gasteiger partial charge in [-0.15, -0.1) is 11.3 Å². The van der Waals surface area contributed by atoms with Crippen LogP contribution in [0.2, 0.25) is 4.34 Å². The molecule has 1 heterocycles. The number of carboxylic acids is 1. The van der Waals surface area contributed by atoms with E-state index in [4.69, 9.17) is 11.6 Å². The summed E-state index contributed by atoms with van der Waals surface area (Å²) >= 11 is 6.58. The standard InChI is InChI=1S/C13H12ClNO4S2/c14-11-6-7-12(20-11)21(18,19)15-10(13(16)17)8-9-4-2-1-3-5-9/h1-7,10,15H,8H2,(H,16,17)/t10-/m1/s1. The van der Waals surface area contributed by atoms with Crippen molar-refractivity contribution in [1.29, 1.82) is 0 Å². The lowest BCUT2D eigenvalue weighted by atomic mass is 10.1. The highest BCUT2D eigenvalue weighted by atomic mass is 35.5. The number of carboxylic acid groups (broad SMARTS) is 1. The van der Waals surface area contributed by atoms with Gasteiger partial charge in [0.1, 0.15) is 10.3 Å². The first kappa shape index (κ1) is 16.0. The van der Waals surface area contributed by atoms with E-state index < -0.39 is 22.0 Å². The van der Waals surface area contributed by atoms with Gasteiger partial charge in [0.15, 0.2) is 0 Å². The van der Waals surface area contributed by atoms with Gasteiger partial charge in [-0.2, -0.15) is 4.72 Å². The number of benzene rings is 1. The quantitative estimate of drug-likeness (QED) is 0.842. The summed E-state index contributed by atoms with van der Waals surface area (Å²) in [4.78, 5) is 11.3. The number of rotatable bonds is 6. The second kappa shape index (κ2) is 6.57. The zero-order chi connectivity index (χ0) is 15.5. The average molecular weight is 346 g/mol. The number of halogens is 1. The number of aliphatic carboxylic acids is 1. The number of thiophene rings is 1. The molecule has 2 N–H and O–H groups in total. The molecular formula is C13H12ClNO4S2. The maximum absolute atomic E-state index is 12.1. The Labute approximate surface area is 131 Å². The predicted molar refractivity (Wildman–Crippen MR) is 81.2 cm³/mol. The molecule has 0 radical (unpaired) electrons. The molecule has 2 aromatic rings. The largest absolute Gasteiger partial charge is 0.480 e. The van der Waals surface area contributed by atoms with Crippen molar-refractivity contribution < 1.29 is 18.3 Å². The van der Waals surface area contributed by atoms with E-state index in [0.717, 1.165) is 16.9 Å². The molecule has 1 atom stereocenters. The third kappa shape index (κ3) is 4.28. The molecular weight excluding hydrogens is 334 g/mol. The first-order valence-corrected chi connectivity index (χ1v) is 8.60. The highest BCUT2D eigenvalue weighted by molar-refractivity contribution is 7.91. The van der Waals surface area contributed by atoms with Gasteiger partial charge < -0.3 is 5.11 Å². The summed E-state index contributed by atoms with van der Waals surface area (Å²) in [6.07, 6.45) is 0.0640. The fourth-order valence-electron chi connectivity index (χ4n) is 1.72. The van der Waals surface area contributed by atoms with Gasteiger partial charge in [0.2, 0.25) is 0 Å². The minimum Gasteiger partial charge on any atom is -0.480 e. The molecule has 0 bridgehead atoms. The van der Waals surface area contributed by atoms with E-state index in [1.807, 2.05) is 0 Å². The number of hydrogen-bond donors (Lipinski definition) is 2. The number of hydrogen-bond acceptors (Lipinski definition) is 4. The zero-order valence-electron chi connectivity index (χ0n) is 10.7. The van der Waals surface area contributed by atoms with E-state index in [2.05, 4.69) is 4.72 Å². The first-order valence-electron chi connectivity index (χ1n) is 5.93. The van der Waals surface area contributed by atoms with Gasteiger partial charge in [-0.25, -0.2) is 8.42 Å². The zero-order valence-corrected chi connectivity index (χ0v) is 13.1. The molecule has 0 amide bonds. The van der Waals surface area contributed by atoms with E-state index in [-0.39, 0.29) is 10.6 Å². The first-order chi connectivity index (χ1) is 9.88. The van der Waals surface area contributed by atoms with Gasteiger partial charge >= 0.3 is 5.97 Å². The topological polar surface area (TPSA) is 83.5 Å². The van der Waals surface area contributed by atoms with Crippen LogP contribution in [0.3, 0.4) is 0 Å². The minimum atomic E-state index is -3.90. The van der Waals surface area contributed by atoms with Crippen LogP contribution in [0.25, 0.3) is 0 Å². The molecule has 0 saturated heterocycles.